The minimum absolute atomic E-state index is 0.0151. The molecule has 1 unspecified atom stereocenters. The number of rotatable bonds is 5. The number of hydrogen-bond donors (Lipinski definition) is 1. The molecule has 0 aliphatic carbocycles. The number of H-pyrrole nitrogens is 1. The number of methoxy groups -OCH3 is 1. The molecule has 24 heavy (non-hydrogen) atoms. The van der Waals surface area contributed by atoms with Crippen LogP contribution in [0.2, 0.25) is 5.02 Å². The average molecular weight is 347 g/mol. The fourth-order valence-corrected chi connectivity index (χ4v) is 2.56. The summed E-state index contributed by atoms with van der Waals surface area (Å²) in [7, 11) is 1.52. The van der Waals surface area contributed by atoms with Crippen LogP contribution in [0, 0.1) is 18.3 Å². The SMILES string of the molecule is CCC(C)Oc1c(Cl)cc(-c2cc(C)[nH]c(=O)c2C#N)cc1OC. The molecule has 1 atom stereocenters. The van der Waals surface area contributed by atoms with E-state index in [2.05, 4.69) is 4.98 Å². The summed E-state index contributed by atoms with van der Waals surface area (Å²) < 4.78 is 11.2. The highest BCUT2D eigenvalue weighted by atomic mass is 35.5. The number of benzene rings is 1. The molecule has 1 heterocycles. The average Bonchev–Trinajstić information content (AvgIpc) is 2.55. The lowest BCUT2D eigenvalue weighted by molar-refractivity contribution is 0.208. The third-order valence-corrected chi connectivity index (χ3v) is 3.99. The van der Waals surface area contributed by atoms with Gasteiger partial charge in [-0.3, -0.25) is 4.79 Å². The molecule has 0 saturated heterocycles. The fourth-order valence-electron chi connectivity index (χ4n) is 2.30. The molecule has 0 aliphatic heterocycles. The fraction of sp³-hybridized carbons (Fsp3) is 0.333. The first-order valence-electron chi connectivity index (χ1n) is 7.59. The number of aromatic amines is 1. The van der Waals surface area contributed by atoms with Crippen molar-refractivity contribution in [2.75, 3.05) is 7.11 Å². The van der Waals surface area contributed by atoms with Crippen molar-refractivity contribution in [3.63, 3.8) is 0 Å². The van der Waals surface area contributed by atoms with Gasteiger partial charge in [0.1, 0.15) is 11.6 Å². The predicted molar refractivity (Wildman–Crippen MR) is 93.9 cm³/mol. The summed E-state index contributed by atoms with van der Waals surface area (Å²) in [4.78, 5) is 14.6. The first kappa shape index (κ1) is 17.9. The van der Waals surface area contributed by atoms with Crippen molar-refractivity contribution >= 4 is 11.6 Å². The second-order valence-corrected chi connectivity index (χ2v) is 5.92. The molecule has 0 fully saturated rings. The number of nitrogens with zero attached hydrogens (tertiary/aromatic N) is 1. The van der Waals surface area contributed by atoms with Crippen LogP contribution in [0.1, 0.15) is 31.5 Å². The molecule has 6 heteroatoms. The molecule has 5 nitrogen and oxygen atoms in total. The lowest BCUT2D eigenvalue weighted by atomic mass is 10.0. The smallest absolute Gasteiger partial charge is 0.266 e. The summed E-state index contributed by atoms with van der Waals surface area (Å²) in [5.41, 5.74) is 1.40. The van der Waals surface area contributed by atoms with E-state index in [-0.39, 0.29) is 11.7 Å². The monoisotopic (exact) mass is 346 g/mol. The highest BCUT2D eigenvalue weighted by Crippen LogP contribution is 2.40. The molecule has 0 radical (unpaired) electrons. The van der Waals surface area contributed by atoms with Gasteiger partial charge in [0.15, 0.2) is 11.5 Å². The van der Waals surface area contributed by atoms with Gasteiger partial charge in [-0.15, -0.1) is 0 Å². The van der Waals surface area contributed by atoms with Crippen molar-refractivity contribution < 1.29 is 9.47 Å². The van der Waals surface area contributed by atoms with Gasteiger partial charge in [-0.1, -0.05) is 18.5 Å². The van der Waals surface area contributed by atoms with Gasteiger partial charge in [0.2, 0.25) is 0 Å². The Morgan fingerprint density at radius 2 is 2.08 bits per heavy atom. The van der Waals surface area contributed by atoms with E-state index in [1.54, 1.807) is 25.1 Å². The van der Waals surface area contributed by atoms with Crippen LogP contribution >= 0.6 is 11.6 Å². The molecule has 1 aromatic heterocycles. The number of hydrogen-bond acceptors (Lipinski definition) is 4. The normalized spacial score (nSPS) is 11.7. The first-order valence-corrected chi connectivity index (χ1v) is 7.97. The van der Waals surface area contributed by atoms with E-state index in [1.807, 2.05) is 19.9 Å². The highest BCUT2D eigenvalue weighted by Gasteiger charge is 2.18. The number of nitrogens with one attached hydrogen (secondary N) is 1. The molecule has 1 aromatic carbocycles. The number of aromatic nitrogens is 1. The first-order chi connectivity index (χ1) is 11.4. The van der Waals surface area contributed by atoms with Gasteiger partial charge in [-0.25, -0.2) is 0 Å². The van der Waals surface area contributed by atoms with E-state index in [0.29, 0.717) is 33.3 Å². The molecule has 0 amide bonds. The summed E-state index contributed by atoms with van der Waals surface area (Å²) in [6.45, 7) is 5.71. The van der Waals surface area contributed by atoms with Gasteiger partial charge in [0.05, 0.1) is 18.2 Å². The van der Waals surface area contributed by atoms with E-state index in [0.717, 1.165) is 6.42 Å². The Kier molecular flexibility index (Phi) is 5.53. The van der Waals surface area contributed by atoms with Gasteiger partial charge in [-0.2, -0.15) is 5.26 Å². The van der Waals surface area contributed by atoms with Gasteiger partial charge < -0.3 is 14.5 Å². The quantitative estimate of drug-likeness (QED) is 0.885. The van der Waals surface area contributed by atoms with E-state index >= 15 is 0 Å². The van der Waals surface area contributed by atoms with Gasteiger partial charge in [0, 0.05) is 11.3 Å². The summed E-state index contributed by atoms with van der Waals surface area (Å²) >= 11 is 6.37. The molecule has 0 aliphatic rings. The van der Waals surface area contributed by atoms with Crippen molar-refractivity contribution in [1.82, 2.24) is 4.98 Å². The van der Waals surface area contributed by atoms with Gasteiger partial charge in [0.25, 0.3) is 5.56 Å². The van der Waals surface area contributed by atoms with Crippen molar-refractivity contribution in [2.45, 2.75) is 33.3 Å². The van der Waals surface area contributed by atoms with Crippen LogP contribution in [-0.4, -0.2) is 18.2 Å². The minimum Gasteiger partial charge on any atom is -0.493 e. The van der Waals surface area contributed by atoms with Crippen molar-refractivity contribution in [1.29, 1.82) is 5.26 Å². The Morgan fingerprint density at radius 3 is 2.67 bits per heavy atom. The van der Waals surface area contributed by atoms with Gasteiger partial charge >= 0.3 is 0 Å². The van der Waals surface area contributed by atoms with Crippen molar-refractivity contribution in [3.05, 3.63) is 44.8 Å². The van der Waals surface area contributed by atoms with Crippen LogP contribution in [0.5, 0.6) is 11.5 Å². The Labute approximate surface area is 145 Å². The second kappa shape index (κ2) is 7.41. The maximum Gasteiger partial charge on any atom is 0.266 e. The zero-order valence-corrected chi connectivity index (χ0v) is 14.8. The predicted octanol–water partition coefficient (Wildman–Crippen LogP) is 4.06. The number of pyridine rings is 1. The van der Waals surface area contributed by atoms with E-state index in [9.17, 15) is 10.1 Å². The Hall–Kier alpha value is -2.45. The third kappa shape index (κ3) is 3.55. The standard InChI is InChI=1S/C18H19ClN2O3/c1-5-11(3)24-17-15(19)7-12(8-16(17)23-4)13-6-10(2)21-18(22)14(13)9-20/h6-8,11H,5H2,1-4H3,(H,21,22). The highest BCUT2D eigenvalue weighted by molar-refractivity contribution is 6.32. The third-order valence-electron chi connectivity index (χ3n) is 3.71. The molecule has 126 valence electrons. The lowest BCUT2D eigenvalue weighted by Gasteiger charge is -2.18. The Bertz CT molecular complexity index is 853. The molecular weight excluding hydrogens is 328 g/mol. The Balaban J connectivity index is 2.65. The number of halogens is 1. The Morgan fingerprint density at radius 1 is 1.38 bits per heavy atom. The molecule has 1 N–H and O–H groups in total. The van der Waals surface area contributed by atoms with E-state index < -0.39 is 5.56 Å². The van der Waals surface area contributed by atoms with Crippen LogP contribution in [0.25, 0.3) is 11.1 Å². The van der Waals surface area contributed by atoms with Crippen LogP contribution in [0.4, 0.5) is 0 Å². The number of aryl methyl sites for hydroxylation is 1. The topological polar surface area (TPSA) is 75.1 Å². The molecule has 2 aromatic rings. The zero-order valence-electron chi connectivity index (χ0n) is 14.1. The van der Waals surface area contributed by atoms with Crippen LogP contribution in [0.3, 0.4) is 0 Å². The molecular formula is C18H19ClN2O3. The van der Waals surface area contributed by atoms with E-state index in [4.69, 9.17) is 21.1 Å². The molecule has 0 spiro atoms. The van der Waals surface area contributed by atoms with Crippen molar-refractivity contribution in [2.24, 2.45) is 0 Å². The van der Waals surface area contributed by atoms with Crippen molar-refractivity contribution in [3.8, 4) is 28.7 Å². The van der Waals surface area contributed by atoms with Crippen LogP contribution in [-0.2, 0) is 0 Å². The molecule has 0 bridgehead atoms. The molecule has 0 saturated carbocycles. The minimum atomic E-state index is -0.428. The summed E-state index contributed by atoms with van der Waals surface area (Å²) in [5, 5.41) is 9.66. The summed E-state index contributed by atoms with van der Waals surface area (Å²) in [6, 6.07) is 7.08. The second-order valence-electron chi connectivity index (χ2n) is 5.51. The maximum absolute atomic E-state index is 12.0. The lowest BCUT2D eigenvalue weighted by Crippen LogP contribution is -2.13. The maximum atomic E-state index is 12.0. The van der Waals surface area contributed by atoms with Crippen LogP contribution < -0.4 is 15.0 Å². The van der Waals surface area contributed by atoms with Crippen LogP contribution in [0.15, 0.2) is 23.0 Å². The summed E-state index contributed by atoms with van der Waals surface area (Å²) in [6.07, 6.45) is 0.811. The zero-order chi connectivity index (χ0) is 17.9. The number of nitriles is 1. The van der Waals surface area contributed by atoms with Gasteiger partial charge in [-0.05, 0) is 44.0 Å². The van der Waals surface area contributed by atoms with E-state index in [1.165, 1.54) is 7.11 Å². The number of ether oxygens (including phenoxy) is 2. The largest absolute Gasteiger partial charge is 0.493 e. The molecule has 2 rings (SSSR count). The summed E-state index contributed by atoms with van der Waals surface area (Å²) in [5.74, 6) is 0.914.